The normalized spacial score (nSPS) is 11.9. The fourth-order valence-electron chi connectivity index (χ4n) is 1.61. The van der Waals surface area contributed by atoms with Gasteiger partial charge in [0.05, 0.1) is 29.9 Å². The number of benzene rings is 1. The Kier molecular flexibility index (Phi) is 6.03. The molecule has 4 nitrogen and oxygen atoms in total. The van der Waals surface area contributed by atoms with Gasteiger partial charge in [0.2, 0.25) is 0 Å². The second kappa shape index (κ2) is 8.01. The molecular weight excluding hydrogens is 310 g/mol. The van der Waals surface area contributed by atoms with Gasteiger partial charge in [-0.1, -0.05) is 17.7 Å². The molecule has 0 aliphatic carbocycles. The highest BCUT2D eigenvalue weighted by atomic mass is 35.5. The second-order valence-electron chi connectivity index (χ2n) is 4.32. The number of hydrogen-bond donors (Lipinski definition) is 1. The number of ether oxygens (including phenoxy) is 2. The van der Waals surface area contributed by atoms with Gasteiger partial charge < -0.3 is 14.6 Å². The highest BCUT2D eigenvalue weighted by Crippen LogP contribution is 2.25. The third-order valence-electron chi connectivity index (χ3n) is 2.63. The van der Waals surface area contributed by atoms with E-state index < -0.39 is 6.10 Å². The molecule has 0 radical (unpaired) electrons. The first-order chi connectivity index (χ1) is 10.2. The van der Waals surface area contributed by atoms with Crippen LogP contribution in [0.25, 0.3) is 0 Å². The molecule has 1 N–H and O–H groups in total. The van der Waals surface area contributed by atoms with Crippen molar-refractivity contribution in [3.63, 3.8) is 0 Å². The summed E-state index contributed by atoms with van der Waals surface area (Å²) in [6, 6.07) is 10.7. The molecule has 1 atom stereocenters. The lowest BCUT2D eigenvalue weighted by Crippen LogP contribution is -2.23. The van der Waals surface area contributed by atoms with Crippen LogP contribution in [0.4, 0.5) is 0 Å². The van der Waals surface area contributed by atoms with Crippen LogP contribution < -0.4 is 4.74 Å². The van der Waals surface area contributed by atoms with Crippen molar-refractivity contribution < 1.29 is 14.6 Å². The molecule has 2 aromatic rings. The summed E-state index contributed by atoms with van der Waals surface area (Å²) in [4.78, 5) is 1.11. The van der Waals surface area contributed by atoms with E-state index in [-0.39, 0.29) is 13.2 Å². The number of rotatable bonds is 7. The maximum absolute atomic E-state index is 9.79. The number of nitrogens with zero attached hydrogens (tertiary/aromatic N) is 1. The molecule has 110 valence electrons. The molecule has 0 unspecified atom stereocenters. The minimum Gasteiger partial charge on any atom is -0.489 e. The van der Waals surface area contributed by atoms with Gasteiger partial charge in [-0.05, 0) is 29.6 Å². The molecule has 1 aromatic carbocycles. The van der Waals surface area contributed by atoms with E-state index in [0.717, 1.165) is 4.88 Å². The minimum atomic E-state index is -0.739. The quantitative estimate of drug-likeness (QED) is 0.849. The Morgan fingerprint density at radius 2 is 2.19 bits per heavy atom. The smallest absolute Gasteiger partial charge is 0.138 e. The summed E-state index contributed by atoms with van der Waals surface area (Å²) in [5, 5.41) is 20.9. The summed E-state index contributed by atoms with van der Waals surface area (Å²) < 4.78 is 10.8. The minimum absolute atomic E-state index is 0.0794. The van der Waals surface area contributed by atoms with Crippen LogP contribution in [0.15, 0.2) is 35.7 Å². The zero-order valence-electron chi connectivity index (χ0n) is 11.2. The number of nitriles is 1. The van der Waals surface area contributed by atoms with Gasteiger partial charge in [-0.15, -0.1) is 11.3 Å². The Morgan fingerprint density at radius 1 is 1.33 bits per heavy atom. The zero-order chi connectivity index (χ0) is 15.1. The Hall–Kier alpha value is -1.58. The molecular formula is C15H14ClNO3S. The summed E-state index contributed by atoms with van der Waals surface area (Å²) >= 11 is 7.58. The van der Waals surface area contributed by atoms with Crippen molar-refractivity contribution >= 4 is 22.9 Å². The predicted octanol–water partition coefficient (Wildman–Crippen LogP) is 3.23. The highest BCUT2D eigenvalue weighted by Gasteiger charge is 2.08. The Balaban J connectivity index is 1.73. The number of aliphatic hydroxyl groups is 1. The van der Waals surface area contributed by atoms with Crippen molar-refractivity contribution in [2.45, 2.75) is 12.7 Å². The van der Waals surface area contributed by atoms with Crippen LogP contribution in [0, 0.1) is 11.3 Å². The predicted molar refractivity (Wildman–Crippen MR) is 81.6 cm³/mol. The molecule has 0 saturated heterocycles. The lowest BCUT2D eigenvalue weighted by Gasteiger charge is -2.13. The van der Waals surface area contributed by atoms with Crippen LogP contribution in [0.5, 0.6) is 5.75 Å². The van der Waals surface area contributed by atoms with Crippen LogP contribution >= 0.6 is 22.9 Å². The van der Waals surface area contributed by atoms with Crippen molar-refractivity contribution in [2.24, 2.45) is 0 Å². The van der Waals surface area contributed by atoms with Gasteiger partial charge >= 0.3 is 0 Å². The van der Waals surface area contributed by atoms with Crippen LogP contribution in [-0.4, -0.2) is 24.4 Å². The third-order valence-corrected chi connectivity index (χ3v) is 3.77. The van der Waals surface area contributed by atoms with Crippen LogP contribution in [-0.2, 0) is 11.3 Å². The van der Waals surface area contributed by atoms with E-state index in [4.69, 9.17) is 26.3 Å². The fourth-order valence-corrected chi connectivity index (χ4v) is 2.49. The van der Waals surface area contributed by atoms with Crippen LogP contribution in [0.3, 0.4) is 0 Å². The van der Waals surface area contributed by atoms with Gasteiger partial charge in [-0.3, -0.25) is 0 Å². The van der Waals surface area contributed by atoms with Crippen molar-refractivity contribution in [1.82, 2.24) is 0 Å². The van der Waals surface area contributed by atoms with E-state index in [1.807, 2.05) is 23.6 Å². The summed E-state index contributed by atoms with van der Waals surface area (Å²) in [6.07, 6.45) is -0.739. The molecule has 0 saturated carbocycles. The van der Waals surface area contributed by atoms with Crippen molar-refractivity contribution in [2.75, 3.05) is 13.2 Å². The Bertz CT molecular complexity index is 610. The second-order valence-corrected chi connectivity index (χ2v) is 5.76. The standard InChI is InChI=1S/C15H14ClNO3S/c16-14-6-11(7-17)3-4-15(14)20-9-12(18)8-19-10-13-2-1-5-21-13/h1-6,12,18H,8-10H2/t12-/m1/s1. The molecule has 0 aliphatic rings. The molecule has 0 bridgehead atoms. The van der Waals surface area contributed by atoms with Crippen LogP contribution in [0.1, 0.15) is 10.4 Å². The zero-order valence-corrected chi connectivity index (χ0v) is 12.7. The first kappa shape index (κ1) is 15.8. The average molecular weight is 324 g/mol. The molecule has 0 amide bonds. The first-order valence-corrected chi connectivity index (χ1v) is 7.55. The van der Waals surface area contributed by atoms with Crippen molar-refractivity contribution in [1.29, 1.82) is 5.26 Å². The van der Waals surface area contributed by atoms with Crippen LogP contribution in [0.2, 0.25) is 5.02 Å². The van der Waals surface area contributed by atoms with E-state index in [1.165, 1.54) is 6.07 Å². The fraction of sp³-hybridized carbons (Fsp3) is 0.267. The maximum Gasteiger partial charge on any atom is 0.138 e. The summed E-state index contributed by atoms with van der Waals surface area (Å²) in [6.45, 7) is 0.744. The van der Waals surface area contributed by atoms with E-state index in [9.17, 15) is 5.11 Å². The number of hydrogen-bond acceptors (Lipinski definition) is 5. The van der Waals surface area contributed by atoms with E-state index >= 15 is 0 Å². The average Bonchev–Trinajstić information content (AvgIpc) is 2.99. The van der Waals surface area contributed by atoms with E-state index in [1.54, 1.807) is 23.5 Å². The molecule has 1 heterocycles. The first-order valence-electron chi connectivity index (χ1n) is 6.29. The largest absolute Gasteiger partial charge is 0.489 e. The maximum atomic E-state index is 9.79. The molecule has 0 spiro atoms. The lowest BCUT2D eigenvalue weighted by molar-refractivity contribution is 0.00627. The molecule has 1 aromatic heterocycles. The van der Waals surface area contributed by atoms with Crippen molar-refractivity contribution in [3.8, 4) is 11.8 Å². The summed E-state index contributed by atoms with van der Waals surface area (Å²) in [7, 11) is 0. The Morgan fingerprint density at radius 3 is 2.86 bits per heavy atom. The van der Waals surface area contributed by atoms with Gasteiger partial charge in [-0.2, -0.15) is 5.26 Å². The number of thiophene rings is 1. The summed E-state index contributed by atoms with van der Waals surface area (Å²) in [5.74, 6) is 0.438. The molecule has 6 heteroatoms. The van der Waals surface area contributed by atoms with Gasteiger partial charge in [0.25, 0.3) is 0 Å². The van der Waals surface area contributed by atoms with E-state index in [2.05, 4.69) is 0 Å². The SMILES string of the molecule is N#Cc1ccc(OC[C@H](O)COCc2cccs2)c(Cl)c1. The molecule has 21 heavy (non-hydrogen) atoms. The van der Waals surface area contributed by atoms with Gasteiger partial charge in [0.15, 0.2) is 0 Å². The topological polar surface area (TPSA) is 62.5 Å². The number of aliphatic hydroxyl groups excluding tert-OH is 1. The molecule has 0 fully saturated rings. The van der Waals surface area contributed by atoms with Gasteiger partial charge in [0, 0.05) is 4.88 Å². The molecule has 2 rings (SSSR count). The highest BCUT2D eigenvalue weighted by molar-refractivity contribution is 7.09. The summed E-state index contributed by atoms with van der Waals surface area (Å²) in [5.41, 5.74) is 0.465. The van der Waals surface area contributed by atoms with Gasteiger partial charge in [-0.25, -0.2) is 0 Å². The number of halogens is 1. The third kappa shape index (κ3) is 5.03. The van der Waals surface area contributed by atoms with Gasteiger partial charge in [0.1, 0.15) is 18.5 Å². The van der Waals surface area contributed by atoms with Crippen molar-refractivity contribution in [3.05, 3.63) is 51.2 Å². The van der Waals surface area contributed by atoms with E-state index in [0.29, 0.717) is 22.9 Å². The molecule has 0 aliphatic heterocycles. The monoisotopic (exact) mass is 323 g/mol. The Labute approximate surface area is 132 Å². The lowest BCUT2D eigenvalue weighted by atomic mass is 10.2.